The molecule has 0 aliphatic carbocycles. The predicted molar refractivity (Wildman–Crippen MR) is 148 cm³/mol. The monoisotopic (exact) mass is 449 g/mol. The lowest BCUT2D eigenvalue weighted by molar-refractivity contribution is 0.486. The third-order valence-corrected chi connectivity index (χ3v) is 6.94. The van der Waals surface area contributed by atoms with E-state index >= 15 is 0 Å². The molecule has 0 bridgehead atoms. The molecular weight excluding hydrogens is 386 g/mol. The fraction of sp³-hybridized carbons (Fsp3) is 0.935. The molecule has 192 valence electrons. The molecule has 1 nitrogen and oxygen atoms in total. The normalized spacial score (nSPS) is 12.9. The van der Waals surface area contributed by atoms with Crippen molar-refractivity contribution in [2.45, 2.75) is 181 Å². The third-order valence-electron chi connectivity index (χ3n) is 6.94. The van der Waals surface area contributed by atoms with Gasteiger partial charge < -0.3 is 5.73 Å². The summed E-state index contributed by atoms with van der Waals surface area (Å²) in [6, 6.07) is 0.431. The van der Waals surface area contributed by atoms with E-state index in [1.54, 1.807) is 0 Å². The van der Waals surface area contributed by atoms with Crippen LogP contribution >= 0.6 is 0 Å². The van der Waals surface area contributed by atoms with Gasteiger partial charge in [0.15, 0.2) is 0 Å². The highest BCUT2D eigenvalue weighted by Crippen LogP contribution is 2.15. The maximum Gasteiger partial charge on any atom is 0.00389 e. The lowest BCUT2D eigenvalue weighted by atomic mass is 10.0. The molecule has 0 saturated carbocycles. The van der Waals surface area contributed by atoms with Gasteiger partial charge in [-0.2, -0.15) is 0 Å². The van der Waals surface area contributed by atoms with Gasteiger partial charge in [0.1, 0.15) is 0 Å². The van der Waals surface area contributed by atoms with Gasteiger partial charge in [0, 0.05) is 6.04 Å². The molecule has 1 heteroatoms. The largest absolute Gasteiger partial charge is 0.328 e. The van der Waals surface area contributed by atoms with Gasteiger partial charge in [-0.3, -0.25) is 0 Å². The molecule has 1 unspecified atom stereocenters. The van der Waals surface area contributed by atoms with Crippen LogP contribution in [0.2, 0.25) is 0 Å². The van der Waals surface area contributed by atoms with Gasteiger partial charge in [-0.15, -0.1) is 0 Å². The first-order valence-electron chi connectivity index (χ1n) is 15.1. The molecule has 0 saturated heterocycles. The van der Waals surface area contributed by atoms with E-state index in [9.17, 15) is 0 Å². The Bertz CT molecular complexity index is 359. The third kappa shape index (κ3) is 27.7. The summed E-state index contributed by atoms with van der Waals surface area (Å²) in [5.41, 5.74) is 6.31. The van der Waals surface area contributed by atoms with Gasteiger partial charge in [0.05, 0.1) is 0 Å². The zero-order chi connectivity index (χ0) is 23.5. The molecule has 0 aromatic rings. The van der Waals surface area contributed by atoms with Gasteiger partial charge in [0.25, 0.3) is 0 Å². The number of hydrogen-bond acceptors (Lipinski definition) is 1. The van der Waals surface area contributed by atoms with E-state index in [0.29, 0.717) is 6.04 Å². The quantitative estimate of drug-likeness (QED) is 0.103. The van der Waals surface area contributed by atoms with Gasteiger partial charge >= 0.3 is 0 Å². The van der Waals surface area contributed by atoms with Crippen molar-refractivity contribution in [1.29, 1.82) is 0 Å². The average molecular weight is 450 g/mol. The van der Waals surface area contributed by atoms with E-state index in [4.69, 9.17) is 5.73 Å². The van der Waals surface area contributed by atoms with Crippen LogP contribution in [0.3, 0.4) is 0 Å². The number of rotatable bonds is 26. The lowest BCUT2D eigenvalue weighted by Gasteiger charge is -2.10. The van der Waals surface area contributed by atoms with E-state index < -0.39 is 0 Å². The molecule has 0 aromatic heterocycles. The molecule has 0 amide bonds. The minimum Gasteiger partial charge on any atom is -0.328 e. The van der Waals surface area contributed by atoms with Crippen LogP contribution in [0.5, 0.6) is 0 Å². The molecule has 0 spiro atoms. The van der Waals surface area contributed by atoms with Crippen molar-refractivity contribution in [2.75, 3.05) is 0 Å². The minimum atomic E-state index is 0.431. The first-order chi connectivity index (χ1) is 15.7. The van der Waals surface area contributed by atoms with Gasteiger partial charge in [0.2, 0.25) is 0 Å². The highest BCUT2D eigenvalue weighted by atomic mass is 14.6. The summed E-state index contributed by atoms with van der Waals surface area (Å²) in [5.74, 6) is 0.872. The van der Waals surface area contributed by atoms with Crippen molar-refractivity contribution in [3.8, 4) is 0 Å². The molecule has 0 aliphatic rings. The minimum absolute atomic E-state index is 0.431. The van der Waals surface area contributed by atoms with Crippen molar-refractivity contribution in [3.05, 3.63) is 12.2 Å². The smallest absolute Gasteiger partial charge is 0.00389 e. The Balaban J connectivity index is 3.21. The Labute approximate surface area is 204 Å². The number of allylic oxidation sites excluding steroid dienone is 2. The zero-order valence-corrected chi connectivity index (χ0v) is 22.9. The van der Waals surface area contributed by atoms with E-state index in [0.717, 1.165) is 5.92 Å². The van der Waals surface area contributed by atoms with E-state index in [1.165, 1.54) is 154 Å². The van der Waals surface area contributed by atoms with Gasteiger partial charge in [-0.25, -0.2) is 0 Å². The number of nitrogens with two attached hydrogens (primary N) is 1. The summed E-state index contributed by atoms with van der Waals surface area (Å²) in [4.78, 5) is 0. The molecule has 2 N–H and O–H groups in total. The molecule has 0 aliphatic heterocycles. The van der Waals surface area contributed by atoms with Crippen molar-refractivity contribution in [1.82, 2.24) is 0 Å². The fourth-order valence-electron chi connectivity index (χ4n) is 4.65. The topological polar surface area (TPSA) is 26.0 Å². The summed E-state index contributed by atoms with van der Waals surface area (Å²) in [6.07, 6.45) is 38.1. The van der Waals surface area contributed by atoms with Crippen LogP contribution < -0.4 is 5.73 Å². The van der Waals surface area contributed by atoms with Crippen LogP contribution in [-0.2, 0) is 0 Å². The average Bonchev–Trinajstić information content (AvgIpc) is 2.77. The Hall–Kier alpha value is -0.300. The summed E-state index contributed by atoms with van der Waals surface area (Å²) in [5, 5.41) is 0. The maximum atomic E-state index is 6.31. The van der Waals surface area contributed by atoms with Crippen LogP contribution in [0, 0.1) is 5.92 Å². The number of hydrogen-bond donors (Lipinski definition) is 1. The van der Waals surface area contributed by atoms with Crippen molar-refractivity contribution in [2.24, 2.45) is 11.7 Å². The summed E-state index contributed by atoms with van der Waals surface area (Å²) < 4.78 is 0. The first-order valence-corrected chi connectivity index (χ1v) is 15.1. The fourth-order valence-corrected chi connectivity index (χ4v) is 4.65. The van der Waals surface area contributed by atoms with Crippen LogP contribution in [0.15, 0.2) is 12.2 Å². The van der Waals surface area contributed by atoms with Crippen molar-refractivity contribution in [3.63, 3.8) is 0 Å². The zero-order valence-electron chi connectivity index (χ0n) is 22.9. The van der Waals surface area contributed by atoms with Crippen LogP contribution in [0.25, 0.3) is 0 Å². The summed E-state index contributed by atoms with van der Waals surface area (Å²) in [6.45, 7) is 6.96. The Morgan fingerprint density at radius 1 is 0.469 bits per heavy atom. The van der Waals surface area contributed by atoms with Crippen molar-refractivity contribution >= 4 is 0 Å². The van der Waals surface area contributed by atoms with Gasteiger partial charge in [-0.05, 0) is 44.4 Å². The number of unbranched alkanes of at least 4 members (excludes halogenated alkanes) is 18. The van der Waals surface area contributed by atoms with Crippen LogP contribution in [-0.4, -0.2) is 6.04 Å². The summed E-state index contributed by atoms with van der Waals surface area (Å²) >= 11 is 0. The van der Waals surface area contributed by atoms with Crippen LogP contribution in [0.1, 0.15) is 175 Å². The molecule has 1 atom stereocenters. The Kier molecular flexibility index (Phi) is 26.7. The molecule has 0 aromatic carbocycles. The first kappa shape index (κ1) is 31.7. The van der Waals surface area contributed by atoms with E-state index in [2.05, 4.69) is 32.9 Å². The van der Waals surface area contributed by atoms with E-state index in [1.807, 2.05) is 0 Å². The van der Waals surface area contributed by atoms with E-state index in [-0.39, 0.29) is 0 Å². The molecule has 0 heterocycles. The second kappa shape index (κ2) is 26.9. The SMILES string of the molecule is CCCCCCCCCCCCCCC=CCCCC(N)CCCCCCCCC(C)C. The van der Waals surface area contributed by atoms with Gasteiger partial charge in [-0.1, -0.05) is 148 Å². The molecule has 32 heavy (non-hydrogen) atoms. The highest BCUT2D eigenvalue weighted by Gasteiger charge is 2.02. The molecule has 0 rings (SSSR count). The molecular formula is C31H63N. The lowest BCUT2D eigenvalue weighted by Crippen LogP contribution is -2.19. The maximum absolute atomic E-state index is 6.31. The summed E-state index contributed by atoms with van der Waals surface area (Å²) in [7, 11) is 0. The van der Waals surface area contributed by atoms with Crippen molar-refractivity contribution < 1.29 is 0 Å². The second-order valence-electron chi connectivity index (χ2n) is 10.9. The Morgan fingerprint density at radius 3 is 1.34 bits per heavy atom. The highest BCUT2D eigenvalue weighted by molar-refractivity contribution is 4.81. The second-order valence-corrected chi connectivity index (χ2v) is 10.9. The predicted octanol–water partition coefficient (Wildman–Crippen LogP) is 10.9. The molecule has 0 fully saturated rings. The standard InChI is InChI=1S/C31H63N/c1-4-5-6-7-8-9-10-11-12-13-14-15-16-17-18-22-25-28-31(32)29-26-23-20-19-21-24-27-30(2)3/h17-18,30-31H,4-16,19-29,32H2,1-3H3. The van der Waals surface area contributed by atoms with Crippen LogP contribution in [0.4, 0.5) is 0 Å². The Morgan fingerprint density at radius 2 is 0.844 bits per heavy atom. The molecule has 0 radical (unpaired) electrons.